The van der Waals surface area contributed by atoms with Crippen molar-refractivity contribution in [1.29, 1.82) is 0 Å². The van der Waals surface area contributed by atoms with Gasteiger partial charge in [-0.15, -0.1) is 12.4 Å². The number of para-hydroxylation sites is 1. The number of halogens is 1. The molecule has 0 bridgehead atoms. The van der Waals surface area contributed by atoms with Gasteiger partial charge in [-0.3, -0.25) is 19.1 Å². The van der Waals surface area contributed by atoms with E-state index < -0.39 is 16.8 Å². The molecule has 7 nitrogen and oxygen atoms in total. The Kier molecular flexibility index (Phi) is 6.12. The Morgan fingerprint density at radius 1 is 1.30 bits per heavy atom. The molecule has 0 radical (unpaired) electrons. The summed E-state index contributed by atoms with van der Waals surface area (Å²) in [6.45, 7) is 4.17. The fourth-order valence-corrected chi connectivity index (χ4v) is 2.09. The number of rotatable bonds is 5. The minimum atomic E-state index is -0.518. The van der Waals surface area contributed by atoms with Gasteiger partial charge in [0.1, 0.15) is 0 Å². The number of carbonyl (C=O) groups is 1. The second kappa shape index (κ2) is 7.43. The van der Waals surface area contributed by atoms with E-state index in [-0.39, 0.29) is 31.3 Å². The average Bonchev–Trinajstić information content (AvgIpc) is 2.44. The van der Waals surface area contributed by atoms with Gasteiger partial charge in [-0.05, 0) is 26.0 Å². The predicted octanol–water partition coefficient (Wildman–Crippen LogP) is 0.355. The molecule has 0 saturated heterocycles. The monoisotopic (exact) mass is 340 g/mol. The standard InChI is InChI=1S/C15H20N4O3.ClH/c1-15(2,16)9-17-12(20)7-8-19-11-6-4-3-5-10(11)13(21)18-14(19)22;/h3-6H,7-9,16H2,1-2H3,(H,17,20)(H,18,21,22);1H. The van der Waals surface area contributed by atoms with E-state index in [1.165, 1.54) is 4.57 Å². The van der Waals surface area contributed by atoms with Gasteiger partial charge in [0.15, 0.2) is 0 Å². The molecule has 8 heteroatoms. The maximum atomic E-state index is 11.9. The van der Waals surface area contributed by atoms with Crippen LogP contribution in [0, 0.1) is 0 Å². The Balaban J connectivity index is 0.00000264. The Morgan fingerprint density at radius 2 is 1.96 bits per heavy atom. The third kappa shape index (κ3) is 4.94. The fourth-order valence-electron chi connectivity index (χ4n) is 2.09. The number of aromatic nitrogens is 2. The van der Waals surface area contributed by atoms with Gasteiger partial charge in [0.05, 0.1) is 10.9 Å². The molecule has 126 valence electrons. The van der Waals surface area contributed by atoms with Gasteiger partial charge in [-0.2, -0.15) is 0 Å². The second-order valence-electron chi connectivity index (χ2n) is 5.94. The van der Waals surface area contributed by atoms with E-state index >= 15 is 0 Å². The maximum absolute atomic E-state index is 11.9. The number of aryl methyl sites for hydroxylation is 1. The topological polar surface area (TPSA) is 110 Å². The predicted molar refractivity (Wildman–Crippen MR) is 92.0 cm³/mol. The smallest absolute Gasteiger partial charge is 0.328 e. The van der Waals surface area contributed by atoms with Crippen molar-refractivity contribution < 1.29 is 4.79 Å². The summed E-state index contributed by atoms with van der Waals surface area (Å²) in [6.07, 6.45) is 0.131. The average molecular weight is 341 g/mol. The molecule has 0 saturated carbocycles. The minimum absolute atomic E-state index is 0. The highest BCUT2D eigenvalue weighted by Crippen LogP contribution is 2.07. The van der Waals surface area contributed by atoms with Crippen LogP contribution in [0.25, 0.3) is 10.9 Å². The van der Waals surface area contributed by atoms with Crippen LogP contribution >= 0.6 is 12.4 Å². The SMILES string of the molecule is CC(C)(N)CNC(=O)CCn1c(=O)[nH]c(=O)c2ccccc21.Cl. The summed E-state index contributed by atoms with van der Waals surface area (Å²) in [6, 6.07) is 6.80. The van der Waals surface area contributed by atoms with Crippen LogP contribution in [0.5, 0.6) is 0 Å². The highest BCUT2D eigenvalue weighted by molar-refractivity contribution is 5.85. The largest absolute Gasteiger partial charge is 0.354 e. The van der Waals surface area contributed by atoms with Crippen LogP contribution in [-0.2, 0) is 11.3 Å². The molecule has 0 unspecified atom stereocenters. The number of aromatic amines is 1. The lowest BCUT2D eigenvalue weighted by molar-refractivity contribution is -0.121. The Labute approximate surface area is 139 Å². The summed E-state index contributed by atoms with van der Waals surface area (Å²) in [7, 11) is 0. The molecule has 4 N–H and O–H groups in total. The minimum Gasteiger partial charge on any atom is -0.354 e. The van der Waals surface area contributed by atoms with Gasteiger partial charge in [0, 0.05) is 25.0 Å². The first-order chi connectivity index (χ1) is 10.3. The van der Waals surface area contributed by atoms with Gasteiger partial charge >= 0.3 is 5.69 Å². The maximum Gasteiger partial charge on any atom is 0.328 e. The summed E-state index contributed by atoms with van der Waals surface area (Å²) >= 11 is 0. The van der Waals surface area contributed by atoms with Crippen LogP contribution in [0.4, 0.5) is 0 Å². The molecular weight excluding hydrogens is 320 g/mol. The zero-order chi connectivity index (χ0) is 16.3. The van der Waals surface area contributed by atoms with E-state index in [0.717, 1.165) is 0 Å². The van der Waals surface area contributed by atoms with Crippen LogP contribution in [0.1, 0.15) is 20.3 Å². The van der Waals surface area contributed by atoms with Gasteiger partial charge in [-0.1, -0.05) is 12.1 Å². The van der Waals surface area contributed by atoms with Crippen molar-refractivity contribution in [2.45, 2.75) is 32.4 Å². The molecule has 1 aromatic heterocycles. The van der Waals surface area contributed by atoms with Crippen molar-refractivity contribution in [3.63, 3.8) is 0 Å². The van der Waals surface area contributed by atoms with E-state index in [0.29, 0.717) is 17.4 Å². The van der Waals surface area contributed by atoms with Crippen LogP contribution in [-0.4, -0.2) is 27.5 Å². The highest BCUT2D eigenvalue weighted by Gasteiger charge is 2.13. The zero-order valence-corrected chi connectivity index (χ0v) is 13.9. The van der Waals surface area contributed by atoms with Gasteiger partial charge in [0.25, 0.3) is 5.56 Å². The number of amides is 1. The molecule has 23 heavy (non-hydrogen) atoms. The number of hydrogen-bond donors (Lipinski definition) is 3. The number of benzene rings is 1. The van der Waals surface area contributed by atoms with E-state index in [4.69, 9.17) is 5.73 Å². The molecule has 2 rings (SSSR count). The summed E-state index contributed by atoms with van der Waals surface area (Å²) in [5.74, 6) is -0.194. The molecule has 1 aromatic carbocycles. The quantitative estimate of drug-likeness (QED) is 0.729. The van der Waals surface area contributed by atoms with Crippen molar-refractivity contribution in [2.24, 2.45) is 5.73 Å². The van der Waals surface area contributed by atoms with Crippen LogP contribution in [0.15, 0.2) is 33.9 Å². The Hall–Kier alpha value is -2.12. The summed E-state index contributed by atoms with van der Waals surface area (Å²) in [4.78, 5) is 37.8. The number of nitrogens with zero attached hydrogens (tertiary/aromatic N) is 1. The normalized spacial score (nSPS) is 11.1. The molecule has 1 amide bonds. The number of nitrogens with two attached hydrogens (primary N) is 1. The van der Waals surface area contributed by atoms with Gasteiger partial charge < -0.3 is 11.1 Å². The lowest BCUT2D eigenvalue weighted by atomic mass is 10.1. The molecule has 0 aliphatic heterocycles. The van der Waals surface area contributed by atoms with Crippen molar-refractivity contribution in [3.8, 4) is 0 Å². The van der Waals surface area contributed by atoms with Crippen molar-refractivity contribution in [2.75, 3.05) is 6.54 Å². The first kappa shape index (κ1) is 18.9. The molecule has 0 fully saturated rings. The summed E-state index contributed by atoms with van der Waals surface area (Å²) in [5, 5.41) is 3.14. The van der Waals surface area contributed by atoms with Crippen LogP contribution < -0.4 is 22.3 Å². The fraction of sp³-hybridized carbons (Fsp3) is 0.400. The molecular formula is C15H21ClN4O3. The van der Waals surface area contributed by atoms with Crippen molar-refractivity contribution >= 4 is 29.2 Å². The van der Waals surface area contributed by atoms with E-state index in [1.54, 1.807) is 24.3 Å². The van der Waals surface area contributed by atoms with E-state index in [9.17, 15) is 14.4 Å². The summed E-state index contributed by atoms with van der Waals surface area (Å²) < 4.78 is 1.39. The number of fused-ring (bicyclic) bond motifs is 1. The Morgan fingerprint density at radius 3 is 2.61 bits per heavy atom. The van der Waals surface area contributed by atoms with Crippen molar-refractivity contribution in [1.82, 2.24) is 14.9 Å². The first-order valence-corrected chi connectivity index (χ1v) is 7.05. The van der Waals surface area contributed by atoms with Gasteiger partial charge in [0.2, 0.25) is 5.91 Å². The van der Waals surface area contributed by atoms with Gasteiger partial charge in [-0.25, -0.2) is 4.79 Å². The third-order valence-corrected chi connectivity index (χ3v) is 3.21. The van der Waals surface area contributed by atoms with Crippen LogP contribution in [0.2, 0.25) is 0 Å². The zero-order valence-electron chi connectivity index (χ0n) is 13.1. The molecule has 2 aromatic rings. The molecule has 0 aliphatic rings. The number of hydrogen-bond acceptors (Lipinski definition) is 4. The second-order valence-corrected chi connectivity index (χ2v) is 5.94. The molecule has 0 atom stereocenters. The Bertz CT molecular complexity index is 805. The summed E-state index contributed by atoms with van der Waals surface area (Å²) in [5.41, 5.74) is 4.88. The number of nitrogens with one attached hydrogen (secondary N) is 2. The van der Waals surface area contributed by atoms with Crippen LogP contribution in [0.3, 0.4) is 0 Å². The first-order valence-electron chi connectivity index (χ1n) is 7.05. The van der Waals surface area contributed by atoms with Crippen molar-refractivity contribution in [3.05, 3.63) is 45.1 Å². The number of H-pyrrole nitrogens is 1. The van der Waals surface area contributed by atoms with E-state index in [1.807, 2.05) is 13.8 Å². The van der Waals surface area contributed by atoms with E-state index in [2.05, 4.69) is 10.3 Å². The molecule has 0 spiro atoms. The molecule has 0 aliphatic carbocycles. The lowest BCUT2D eigenvalue weighted by Crippen LogP contribution is -2.45. The highest BCUT2D eigenvalue weighted by atomic mass is 35.5. The third-order valence-electron chi connectivity index (χ3n) is 3.21. The molecule has 1 heterocycles. The number of carbonyl (C=O) groups excluding carboxylic acids is 1. The lowest BCUT2D eigenvalue weighted by Gasteiger charge is -2.19.